The maximum Gasteiger partial charge on any atom is 0.337 e. The number of hydrogen-bond donors (Lipinski definition) is 7. The number of nitro benzene ring substituents is 3. The fourth-order valence-electron chi connectivity index (χ4n) is 11.9. The van der Waals surface area contributed by atoms with Crippen molar-refractivity contribution < 1.29 is 130 Å². The summed E-state index contributed by atoms with van der Waals surface area (Å²) in [4.78, 5) is 124. The Kier molecular flexibility index (Phi) is 40.2. The lowest BCUT2D eigenvalue weighted by molar-refractivity contribution is -0.387. The fraction of sp³-hybridized carbons (Fsp3) is 0.286. The topological polar surface area (TPSA) is 612 Å². The zero-order valence-electron chi connectivity index (χ0n) is 70.4. The number of aromatic carboxylic acids is 1. The van der Waals surface area contributed by atoms with Gasteiger partial charge in [-0.15, -0.1) is 34.0 Å². The van der Waals surface area contributed by atoms with Gasteiger partial charge in [-0.2, -0.15) is 8.78 Å². The summed E-state index contributed by atoms with van der Waals surface area (Å²) in [5.74, 6) is -3.10. The second-order valence-corrected chi connectivity index (χ2v) is 30.3. The first-order valence-corrected chi connectivity index (χ1v) is 41.8. The van der Waals surface area contributed by atoms with Crippen LogP contribution in [0.3, 0.4) is 0 Å². The summed E-state index contributed by atoms with van der Waals surface area (Å²) < 4.78 is 93.2. The van der Waals surface area contributed by atoms with Crippen molar-refractivity contribution in [2.75, 3.05) is 111 Å². The zero-order chi connectivity index (χ0) is 93.3. The number of nitrogens with zero attached hydrogens (tertiary/aromatic N) is 9. The first-order valence-electron chi connectivity index (χ1n) is 38.8. The molecule has 0 spiro atoms. The van der Waals surface area contributed by atoms with Gasteiger partial charge in [0, 0.05) is 67.5 Å². The van der Waals surface area contributed by atoms with Crippen molar-refractivity contribution in [2.45, 2.75) is 62.6 Å². The van der Waals surface area contributed by atoms with E-state index in [1.807, 2.05) is 34.3 Å². The van der Waals surface area contributed by atoms with Gasteiger partial charge in [0.05, 0.1) is 164 Å². The van der Waals surface area contributed by atoms with E-state index in [4.69, 9.17) is 80.6 Å². The molecule has 48 heteroatoms. The van der Waals surface area contributed by atoms with Crippen molar-refractivity contribution in [3.8, 4) is 23.0 Å². The Balaban J connectivity index is 0.000000191. The third-order valence-corrected chi connectivity index (χ3v) is 21.3. The highest BCUT2D eigenvalue weighted by Crippen LogP contribution is 2.38. The van der Waals surface area contributed by atoms with Crippen molar-refractivity contribution in [3.05, 3.63) is 243 Å². The average Bonchev–Trinajstić information content (AvgIpc) is 1.57. The number of carboxylic acid groups (broad SMARTS) is 1. The number of aromatic nitrogens is 6. The Morgan fingerprint density at radius 2 is 0.780 bits per heavy atom. The number of hydrogen-bond acceptors (Lipinski definition) is 39. The molecule has 5 saturated heterocycles. The summed E-state index contributed by atoms with van der Waals surface area (Å²) in [6.07, 6.45) is 7.96. The van der Waals surface area contributed by atoms with E-state index < -0.39 is 73.5 Å². The second-order valence-electron chi connectivity index (χ2n) is 27.3. The summed E-state index contributed by atoms with van der Waals surface area (Å²) >= 11 is 10.4. The molecule has 5 fully saturated rings. The minimum atomic E-state index is -1.33. The van der Waals surface area contributed by atoms with Gasteiger partial charge in [0.2, 0.25) is 17.5 Å². The normalized spacial score (nSPS) is 15.8. The summed E-state index contributed by atoms with van der Waals surface area (Å²) in [7, 11) is 5.08. The summed E-state index contributed by atoms with van der Waals surface area (Å²) in [5, 5.41) is 64.1. The van der Waals surface area contributed by atoms with E-state index in [1.54, 1.807) is 88.6 Å². The van der Waals surface area contributed by atoms with Crippen LogP contribution in [-0.2, 0) is 42.6 Å². The van der Waals surface area contributed by atoms with Crippen LogP contribution in [0.2, 0.25) is 5.15 Å². The number of amides is 1. The van der Waals surface area contributed by atoms with Gasteiger partial charge in [-0.3, -0.25) is 35.1 Å². The van der Waals surface area contributed by atoms with Crippen molar-refractivity contribution in [1.29, 1.82) is 0 Å². The number of carboxylic acids is 1. The van der Waals surface area contributed by atoms with Crippen LogP contribution in [0.5, 0.6) is 23.0 Å². The van der Waals surface area contributed by atoms with Crippen molar-refractivity contribution in [3.63, 3.8) is 0 Å². The van der Waals surface area contributed by atoms with Gasteiger partial charge >= 0.3 is 46.9 Å². The molecule has 13 N–H and O–H groups in total. The number of benzene rings is 6. The number of carbonyl (C=O) groups is 6. The van der Waals surface area contributed by atoms with Crippen LogP contribution in [0.1, 0.15) is 94.3 Å². The number of rotatable bonds is 21. The number of aliphatic hydroxyl groups is 1. The molecule has 700 valence electrons. The lowest BCUT2D eigenvalue weighted by Crippen LogP contribution is -2.17. The number of fused-ring (bicyclic) bond motifs is 3. The van der Waals surface area contributed by atoms with E-state index in [0.29, 0.717) is 134 Å². The zero-order valence-corrected chi connectivity index (χ0v) is 73.6. The van der Waals surface area contributed by atoms with Crippen LogP contribution in [0, 0.1) is 42.0 Å². The van der Waals surface area contributed by atoms with E-state index in [9.17, 15) is 67.9 Å². The molecule has 1 amide bonds. The van der Waals surface area contributed by atoms with E-state index >= 15 is 0 Å². The van der Waals surface area contributed by atoms with Crippen LogP contribution >= 0.6 is 45.6 Å². The Morgan fingerprint density at radius 1 is 0.447 bits per heavy atom. The Morgan fingerprint density at radius 3 is 1.15 bits per heavy atom. The SMILES string of the molecule is COC(=O)c1ccc(N)c(OC2CCOC2)c1.COC(=O)c1ccc(Nc2ncnc3sccc23)c(OC2CCOC2)c1.COC(=O)c1ccc([N+](=O)[O-])c(F)c1.COC(=O)c1ccc([N+](=O)[O-])c(OC2CCOC2)c1.Clc1ncnc2sccc12.N.NC(=O)c1ccc(Nc2ncnc3sccc23)c(OC2CCOC2)c1.O.O=C(O)c1ccc([N+](=O)[O-])c(F)c1.OC1CCOC1. The second kappa shape index (κ2) is 51.3. The van der Waals surface area contributed by atoms with Crippen LogP contribution in [0.4, 0.5) is 54.5 Å². The van der Waals surface area contributed by atoms with E-state index in [2.05, 4.69) is 54.7 Å². The molecule has 5 atom stereocenters. The molecule has 5 aliphatic rings. The number of anilines is 5. The molecule has 132 heavy (non-hydrogen) atoms. The molecule has 0 bridgehead atoms. The molecule has 6 aromatic carbocycles. The Bertz CT molecular complexity index is 5960. The number of halogens is 3. The number of primary amides is 1. The smallest absolute Gasteiger partial charge is 0.337 e. The highest BCUT2D eigenvalue weighted by molar-refractivity contribution is 7.17. The Hall–Kier alpha value is -14.1. The summed E-state index contributed by atoms with van der Waals surface area (Å²) in [6.45, 7) is 5.89. The number of methoxy groups -OCH3 is 4. The summed E-state index contributed by atoms with van der Waals surface area (Å²) in [6, 6.07) is 30.0. The number of aliphatic hydroxyl groups excluding tert-OH is 1. The van der Waals surface area contributed by atoms with Crippen LogP contribution < -0.4 is 47.2 Å². The van der Waals surface area contributed by atoms with Gasteiger partial charge in [-0.25, -0.2) is 53.9 Å². The number of thiophene rings is 3. The van der Waals surface area contributed by atoms with Gasteiger partial charge in [0.25, 0.3) is 0 Å². The molecule has 0 aliphatic carbocycles. The first kappa shape index (κ1) is 103. The van der Waals surface area contributed by atoms with Gasteiger partial charge in [-0.05, 0) is 126 Å². The lowest BCUT2D eigenvalue weighted by Gasteiger charge is -2.17. The van der Waals surface area contributed by atoms with E-state index in [-0.39, 0.29) is 70.3 Å². The maximum atomic E-state index is 12.9. The minimum absolute atomic E-state index is 0. The maximum absolute atomic E-state index is 12.9. The molecule has 12 aromatic rings. The molecular formula is C84H87ClF2N14O28S3. The van der Waals surface area contributed by atoms with E-state index in [1.165, 1.54) is 58.5 Å². The number of nitrogen functional groups attached to an aromatic ring is 1. The number of carbonyl (C=O) groups excluding carboxylic acids is 5. The number of nitrogens with one attached hydrogen (secondary N) is 2. The van der Waals surface area contributed by atoms with Crippen LogP contribution in [-0.4, -0.2) is 221 Å². The van der Waals surface area contributed by atoms with Gasteiger partial charge in [-0.1, -0.05) is 11.6 Å². The predicted molar refractivity (Wildman–Crippen MR) is 477 cm³/mol. The molecule has 0 radical (unpaired) electrons. The van der Waals surface area contributed by atoms with Gasteiger partial charge in [0.15, 0.2) is 5.75 Å². The molecule has 11 heterocycles. The fourth-order valence-corrected chi connectivity index (χ4v) is 14.3. The number of nitrogens with two attached hydrogens (primary N) is 2. The standard InChI is InChI=1S/C18H17N3O4S.C17H16N4O3S.C12H13NO6.C12H15NO4.C8H6FNO4.C7H4FNO4.C6H3ClN2S.C4H8O2.H3N.H2O/c1-23-18(22)11-2-3-14(15(8-11)25-12-4-6-24-9-12)21-16-13-5-7-26-17(13)20-10-19-16;18-15(22)10-1-2-13(14(7-10)24-11-3-5-23-8-11)21-16-12-4-6-25-17(12)20-9-19-16;1-17-12(14)8-2-3-10(13(15)16)11(6-8)19-9-4-5-18-7-9;1-15-12(14)8-2-3-10(13)11(6-8)17-9-4-5-16-7-9;1-14-8(11)5-2-3-7(10(12)13)6(9)4-5;8-5-3-4(7(10)11)1-2-6(5)9(12)13;7-5-4-1-2-10-6(4)9-3-8-5;5-4-1-2-6-3-4;;/h2-3,5,7-8,10,12H,4,6,9H2,1H3,(H,19,20,21);1-2,4,6-7,9,11H,3,5,8H2,(H2,18,22)(H,19,20,21);2-3,6,9H,4-5,7H2,1H3;2-3,6,9H,4-5,7,13H2,1H3;2-4H,1H3;1-3H,(H,10,11);1-3H;4-5H,1-3H2;1H3;1H2. The monoisotopic (exact) mass is 1910 g/mol. The molecule has 5 unspecified atom stereocenters. The van der Waals surface area contributed by atoms with Crippen molar-refractivity contribution >= 4 is 158 Å². The molecule has 5 aliphatic heterocycles. The van der Waals surface area contributed by atoms with Crippen LogP contribution in [0.25, 0.3) is 30.6 Å². The molecule has 42 nitrogen and oxygen atoms in total. The van der Waals surface area contributed by atoms with Gasteiger partial charge < -0.3 is 106 Å². The Labute approximate surface area is 764 Å². The third-order valence-electron chi connectivity index (χ3n) is 18.5. The molecule has 0 saturated carbocycles. The van der Waals surface area contributed by atoms with Gasteiger partial charge in [0.1, 0.15) is 91.9 Å². The highest BCUT2D eigenvalue weighted by Gasteiger charge is 2.28. The molecule has 6 aromatic heterocycles. The first-order chi connectivity index (χ1) is 62.6. The third kappa shape index (κ3) is 29.7. The minimum Gasteiger partial charge on any atom is -0.486 e. The van der Waals surface area contributed by atoms with Crippen molar-refractivity contribution in [2.24, 2.45) is 5.73 Å². The van der Waals surface area contributed by atoms with Crippen LogP contribution in [0.15, 0.2) is 163 Å². The lowest BCUT2D eigenvalue weighted by atomic mass is 10.1. The summed E-state index contributed by atoms with van der Waals surface area (Å²) in [5.41, 5.74) is 12.6. The quantitative estimate of drug-likeness (QED) is 0.00877. The molecular weight excluding hydrogens is 1820 g/mol. The number of ether oxygens (including phenoxy) is 13. The number of nitro groups is 3. The predicted octanol–water partition coefficient (Wildman–Crippen LogP) is 13.3. The van der Waals surface area contributed by atoms with E-state index in [0.717, 1.165) is 106 Å². The number of esters is 4. The molecule has 17 rings (SSSR count). The highest BCUT2D eigenvalue weighted by atomic mass is 35.5. The largest absolute Gasteiger partial charge is 0.486 e. The van der Waals surface area contributed by atoms with Crippen molar-refractivity contribution in [1.82, 2.24) is 36.1 Å². The average molecular weight is 1910 g/mol.